The van der Waals surface area contributed by atoms with E-state index in [1.54, 1.807) is 0 Å². The van der Waals surface area contributed by atoms with Gasteiger partial charge in [0, 0.05) is 0 Å². The molecule has 0 unspecified atom stereocenters. The SMILES string of the molecule is CCCOP(OCCC)SS. The third-order valence-corrected chi connectivity index (χ3v) is 4.02. The molecule has 0 saturated heterocycles. The summed E-state index contributed by atoms with van der Waals surface area (Å²) in [6.45, 7) is 5.69. The van der Waals surface area contributed by atoms with E-state index in [-0.39, 0.29) is 0 Å². The molecule has 0 aliphatic rings. The van der Waals surface area contributed by atoms with E-state index in [0.29, 0.717) is 0 Å². The molecule has 0 spiro atoms. The minimum atomic E-state index is -0.789. The molecule has 0 fully saturated rings. The molecule has 5 heteroatoms. The third-order valence-electron chi connectivity index (χ3n) is 0.868. The maximum absolute atomic E-state index is 5.37. The smallest absolute Gasteiger partial charge is 0.249 e. The number of thiol groups is 1. The topological polar surface area (TPSA) is 18.5 Å². The van der Waals surface area contributed by atoms with Crippen molar-refractivity contribution in [2.75, 3.05) is 13.2 Å². The summed E-state index contributed by atoms with van der Waals surface area (Å²) in [5, 5.41) is 0. The molecule has 11 heavy (non-hydrogen) atoms. The molecule has 0 rings (SSSR count). The van der Waals surface area contributed by atoms with Crippen molar-refractivity contribution in [2.45, 2.75) is 26.7 Å². The highest BCUT2D eigenvalue weighted by Crippen LogP contribution is 2.53. The Bertz CT molecular complexity index is 77.0. The maximum atomic E-state index is 5.37. The Morgan fingerprint density at radius 1 is 1.18 bits per heavy atom. The molecule has 0 aliphatic heterocycles. The van der Waals surface area contributed by atoms with E-state index in [0.717, 1.165) is 26.1 Å². The summed E-state index contributed by atoms with van der Waals surface area (Å²) in [5.41, 5.74) is 0. The first kappa shape index (κ1) is 12.0. The summed E-state index contributed by atoms with van der Waals surface area (Å²) in [7, 11) is 0.575. The molecule has 0 heterocycles. The van der Waals surface area contributed by atoms with Crippen LogP contribution in [0.1, 0.15) is 26.7 Å². The van der Waals surface area contributed by atoms with Gasteiger partial charge in [0.15, 0.2) is 0 Å². The van der Waals surface area contributed by atoms with Crippen molar-refractivity contribution in [3.05, 3.63) is 0 Å². The standard InChI is InChI=1S/C6H15O2PS2/c1-3-5-7-9(11-10)8-6-4-2/h10H,3-6H2,1-2H3. The Labute approximate surface area is 78.9 Å². The quantitative estimate of drug-likeness (QED) is 0.396. The van der Waals surface area contributed by atoms with E-state index in [4.69, 9.17) is 9.05 Å². The largest absolute Gasteiger partial charge is 0.325 e. The van der Waals surface area contributed by atoms with Crippen LogP contribution in [0.3, 0.4) is 0 Å². The molecule has 0 N–H and O–H groups in total. The van der Waals surface area contributed by atoms with Crippen LogP contribution in [-0.4, -0.2) is 13.2 Å². The van der Waals surface area contributed by atoms with Gasteiger partial charge in [-0.25, -0.2) is 0 Å². The zero-order valence-electron chi connectivity index (χ0n) is 6.95. The predicted molar refractivity (Wildman–Crippen MR) is 56.0 cm³/mol. The minimum absolute atomic E-state index is 0.767. The summed E-state index contributed by atoms with van der Waals surface area (Å²) in [6, 6.07) is 0. The van der Waals surface area contributed by atoms with Gasteiger partial charge in [0.2, 0.25) is 7.58 Å². The Morgan fingerprint density at radius 3 is 1.91 bits per heavy atom. The summed E-state index contributed by atoms with van der Waals surface area (Å²) in [6.07, 6.45) is 2.06. The highest BCUT2D eigenvalue weighted by atomic mass is 33.3. The first-order valence-corrected chi connectivity index (χ1v) is 7.37. The zero-order chi connectivity index (χ0) is 8.53. The minimum Gasteiger partial charge on any atom is -0.325 e. The fourth-order valence-corrected chi connectivity index (χ4v) is 2.83. The van der Waals surface area contributed by atoms with E-state index in [2.05, 4.69) is 25.5 Å². The lowest BCUT2D eigenvalue weighted by molar-refractivity contribution is 0.262. The molecule has 0 bridgehead atoms. The average molecular weight is 214 g/mol. The fourth-order valence-electron chi connectivity index (χ4n) is 0.416. The van der Waals surface area contributed by atoms with Crippen molar-refractivity contribution in [3.63, 3.8) is 0 Å². The van der Waals surface area contributed by atoms with Gasteiger partial charge < -0.3 is 9.05 Å². The second kappa shape index (κ2) is 9.14. The molecule has 0 radical (unpaired) electrons. The number of hydrogen-bond donors (Lipinski definition) is 1. The summed E-state index contributed by atoms with van der Waals surface area (Å²) in [4.78, 5) is 0. The van der Waals surface area contributed by atoms with Crippen LogP contribution < -0.4 is 0 Å². The van der Waals surface area contributed by atoms with Crippen LogP contribution in [0.2, 0.25) is 0 Å². The van der Waals surface area contributed by atoms with Crippen molar-refractivity contribution >= 4 is 29.7 Å². The molecule has 68 valence electrons. The summed E-state index contributed by atoms with van der Waals surface area (Å²) in [5.74, 6) is 0. The van der Waals surface area contributed by atoms with Crippen LogP contribution in [0.5, 0.6) is 0 Å². The van der Waals surface area contributed by atoms with Gasteiger partial charge in [-0.3, -0.25) is 0 Å². The van der Waals surface area contributed by atoms with Crippen LogP contribution in [0.25, 0.3) is 0 Å². The van der Waals surface area contributed by atoms with Gasteiger partial charge >= 0.3 is 0 Å². The Morgan fingerprint density at radius 2 is 1.64 bits per heavy atom. The number of hydrogen-bond acceptors (Lipinski definition) is 4. The van der Waals surface area contributed by atoms with Crippen molar-refractivity contribution in [1.29, 1.82) is 0 Å². The highest BCUT2D eigenvalue weighted by Gasteiger charge is 2.07. The van der Waals surface area contributed by atoms with Gasteiger partial charge in [0.1, 0.15) is 0 Å². The van der Waals surface area contributed by atoms with Gasteiger partial charge in [0.25, 0.3) is 0 Å². The molecule has 0 aromatic rings. The van der Waals surface area contributed by atoms with Gasteiger partial charge in [-0.2, -0.15) is 0 Å². The van der Waals surface area contributed by atoms with Crippen molar-refractivity contribution in [1.82, 2.24) is 0 Å². The fraction of sp³-hybridized carbons (Fsp3) is 1.00. The van der Waals surface area contributed by atoms with E-state index < -0.39 is 7.58 Å². The molecule has 0 amide bonds. The van der Waals surface area contributed by atoms with Gasteiger partial charge in [-0.1, -0.05) is 13.8 Å². The monoisotopic (exact) mass is 214 g/mol. The van der Waals surface area contributed by atoms with Gasteiger partial charge in [0.05, 0.1) is 13.2 Å². The first-order valence-electron chi connectivity index (χ1n) is 3.72. The van der Waals surface area contributed by atoms with E-state index in [1.807, 2.05) is 0 Å². The Hall–Kier alpha value is 1.05. The van der Waals surface area contributed by atoms with Crippen LogP contribution in [0.4, 0.5) is 0 Å². The lowest BCUT2D eigenvalue weighted by Crippen LogP contribution is -1.89. The third kappa shape index (κ3) is 7.41. The van der Waals surface area contributed by atoms with Crippen LogP contribution in [0, 0.1) is 0 Å². The second-order valence-electron chi connectivity index (χ2n) is 1.97. The Balaban J connectivity index is 3.25. The first-order chi connectivity index (χ1) is 5.35. The summed E-state index contributed by atoms with van der Waals surface area (Å²) < 4.78 is 10.7. The van der Waals surface area contributed by atoms with Crippen LogP contribution in [-0.2, 0) is 9.05 Å². The molecule has 0 aromatic heterocycles. The van der Waals surface area contributed by atoms with E-state index in [9.17, 15) is 0 Å². The van der Waals surface area contributed by atoms with E-state index in [1.165, 1.54) is 10.4 Å². The molecule has 0 saturated carbocycles. The highest BCUT2D eigenvalue weighted by molar-refractivity contribution is 8.92. The molecule has 0 aliphatic carbocycles. The predicted octanol–water partition coefficient (Wildman–Crippen LogP) is 3.64. The maximum Gasteiger partial charge on any atom is 0.249 e. The second-order valence-corrected chi connectivity index (χ2v) is 5.95. The van der Waals surface area contributed by atoms with Crippen molar-refractivity contribution in [2.24, 2.45) is 0 Å². The Kier molecular flexibility index (Phi) is 10.0. The van der Waals surface area contributed by atoms with Gasteiger partial charge in [-0.15, -0.1) is 11.7 Å². The lowest BCUT2D eigenvalue weighted by Gasteiger charge is -2.12. The van der Waals surface area contributed by atoms with Crippen molar-refractivity contribution < 1.29 is 9.05 Å². The van der Waals surface area contributed by atoms with Crippen LogP contribution >= 0.6 is 29.7 Å². The molecule has 0 atom stereocenters. The average Bonchev–Trinajstić information content (AvgIpc) is 2.05. The lowest BCUT2D eigenvalue weighted by atomic mass is 10.5. The molecule has 0 aromatic carbocycles. The van der Waals surface area contributed by atoms with Crippen LogP contribution in [0.15, 0.2) is 0 Å². The zero-order valence-corrected chi connectivity index (χ0v) is 9.55. The van der Waals surface area contributed by atoms with Gasteiger partial charge in [-0.05, 0) is 23.3 Å². The van der Waals surface area contributed by atoms with E-state index >= 15 is 0 Å². The molecule has 2 nitrogen and oxygen atoms in total. The molecular weight excluding hydrogens is 199 g/mol. The number of rotatable bonds is 7. The summed E-state index contributed by atoms with van der Waals surface area (Å²) >= 11 is 4.06. The normalized spacial score (nSPS) is 10.9. The van der Waals surface area contributed by atoms with Crippen molar-refractivity contribution in [3.8, 4) is 0 Å². The molecular formula is C6H15O2PS2.